The normalized spacial score (nSPS) is 11.7. The summed E-state index contributed by atoms with van der Waals surface area (Å²) in [5.41, 5.74) is 2.02. The molecular weight excluding hydrogens is 256 g/mol. The topological polar surface area (TPSA) is 40.5 Å². The van der Waals surface area contributed by atoms with Crippen LogP contribution in [0.3, 0.4) is 0 Å². The zero-order valence-corrected chi connectivity index (χ0v) is 11.8. The highest BCUT2D eigenvalue weighted by molar-refractivity contribution is 7.07. The largest absolute Gasteiger partial charge is 0.396 e. The van der Waals surface area contributed by atoms with Crippen LogP contribution in [-0.2, 0) is 12.8 Å². The van der Waals surface area contributed by atoms with Crippen molar-refractivity contribution < 1.29 is 10.2 Å². The molecule has 2 rings (SSSR count). The van der Waals surface area contributed by atoms with Gasteiger partial charge in [-0.1, -0.05) is 30.3 Å². The Balaban J connectivity index is 2.04. The summed E-state index contributed by atoms with van der Waals surface area (Å²) in [5, 5.41) is 23.6. The lowest BCUT2D eigenvalue weighted by Gasteiger charge is -2.30. The molecule has 1 aromatic carbocycles. The Bertz CT molecular complexity index is 461. The van der Waals surface area contributed by atoms with E-state index >= 15 is 0 Å². The van der Waals surface area contributed by atoms with Gasteiger partial charge in [-0.2, -0.15) is 11.3 Å². The van der Waals surface area contributed by atoms with E-state index in [2.05, 4.69) is 16.8 Å². The lowest BCUT2D eigenvalue weighted by molar-refractivity contribution is 0.0475. The molecule has 0 aliphatic heterocycles. The molecule has 2 nitrogen and oxygen atoms in total. The SMILES string of the molecule is OCC(CO)(CCc1ccsc1)Cc1ccccc1. The van der Waals surface area contributed by atoms with Crippen LogP contribution in [0.15, 0.2) is 47.2 Å². The van der Waals surface area contributed by atoms with Crippen molar-refractivity contribution in [3.05, 3.63) is 58.3 Å². The van der Waals surface area contributed by atoms with Gasteiger partial charge in [0.05, 0.1) is 13.2 Å². The molecule has 2 N–H and O–H groups in total. The smallest absolute Gasteiger partial charge is 0.0512 e. The average molecular weight is 276 g/mol. The number of thiophene rings is 1. The van der Waals surface area contributed by atoms with Crippen LogP contribution in [0.5, 0.6) is 0 Å². The summed E-state index contributed by atoms with van der Waals surface area (Å²) in [6.45, 7) is 0.0328. The molecule has 1 heterocycles. The van der Waals surface area contributed by atoms with Crippen molar-refractivity contribution in [1.29, 1.82) is 0 Å². The standard InChI is InChI=1S/C16H20O2S/c17-12-16(13-18,8-6-15-7-9-19-11-15)10-14-4-2-1-3-5-14/h1-5,7,9,11,17-18H,6,8,10,12-13H2. The molecule has 0 spiro atoms. The van der Waals surface area contributed by atoms with Crippen molar-refractivity contribution in [2.24, 2.45) is 5.41 Å². The minimum Gasteiger partial charge on any atom is -0.396 e. The summed E-state index contributed by atoms with van der Waals surface area (Å²) in [7, 11) is 0. The summed E-state index contributed by atoms with van der Waals surface area (Å²) in [4.78, 5) is 0. The zero-order valence-electron chi connectivity index (χ0n) is 11.0. The Morgan fingerprint density at radius 2 is 1.68 bits per heavy atom. The van der Waals surface area contributed by atoms with Gasteiger partial charge in [-0.15, -0.1) is 0 Å². The Morgan fingerprint density at radius 3 is 2.26 bits per heavy atom. The van der Waals surface area contributed by atoms with Crippen molar-refractivity contribution in [3.63, 3.8) is 0 Å². The van der Waals surface area contributed by atoms with Crippen LogP contribution in [0.4, 0.5) is 0 Å². The number of hydrogen-bond donors (Lipinski definition) is 2. The van der Waals surface area contributed by atoms with Crippen LogP contribution in [0.2, 0.25) is 0 Å². The molecule has 19 heavy (non-hydrogen) atoms. The maximum atomic E-state index is 9.71. The monoisotopic (exact) mass is 276 g/mol. The number of hydrogen-bond acceptors (Lipinski definition) is 3. The Hall–Kier alpha value is -1.16. The summed E-state index contributed by atoms with van der Waals surface area (Å²) in [5.74, 6) is 0. The molecule has 0 bridgehead atoms. The molecule has 0 amide bonds. The molecule has 1 aromatic heterocycles. The van der Waals surface area contributed by atoms with Crippen molar-refractivity contribution in [2.45, 2.75) is 19.3 Å². The first-order chi connectivity index (χ1) is 9.28. The van der Waals surface area contributed by atoms with Crippen LogP contribution >= 0.6 is 11.3 Å². The summed E-state index contributed by atoms with van der Waals surface area (Å²) < 4.78 is 0. The third-order valence-corrected chi connectivity index (χ3v) is 4.35. The number of rotatable bonds is 7. The van der Waals surface area contributed by atoms with Crippen molar-refractivity contribution in [1.82, 2.24) is 0 Å². The Kier molecular flexibility index (Phi) is 5.14. The van der Waals surface area contributed by atoms with Gasteiger partial charge in [0.2, 0.25) is 0 Å². The molecule has 0 unspecified atom stereocenters. The molecular formula is C16H20O2S. The van der Waals surface area contributed by atoms with E-state index in [0.29, 0.717) is 6.42 Å². The fourth-order valence-electron chi connectivity index (χ4n) is 2.28. The molecule has 2 aromatic rings. The highest BCUT2D eigenvalue weighted by Crippen LogP contribution is 2.28. The van der Waals surface area contributed by atoms with Gasteiger partial charge in [0.1, 0.15) is 0 Å². The van der Waals surface area contributed by atoms with Crippen LogP contribution < -0.4 is 0 Å². The van der Waals surface area contributed by atoms with Crippen LogP contribution in [0, 0.1) is 5.41 Å². The second kappa shape index (κ2) is 6.85. The molecule has 0 fully saturated rings. The van der Waals surface area contributed by atoms with Crippen molar-refractivity contribution >= 4 is 11.3 Å². The van der Waals surface area contributed by atoms with Crippen molar-refractivity contribution in [3.8, 4) is 0 Å². The van der Waals surface area contributed by atoms with E-state index in [4.69, 9.17) is 0 Å². The third-order valence-electron chi connectivity index (χ3n) is 3.62. The van der Waals surface area contributed by atoms with E-state index in [9.17, 15) is 10.2 Å². The van der Waals surface area contributed by atoms with Crippen molar-refractivity contribution in [2.75, 3.05) is 13.2 Å². The lowest BCUT2D eigenvalue weighted by atomic mass is 9.78. The highest BCUT2D eigenvalue weighted by Gasteiger charge is 2.28. The molecule has 102 valence electrons. The maximum Gasteiger partial charge on any atom is 0.0512 e. The molecule has 0 atom stereocenters. The fourth-order valence-corrected chi connectivity index (χ4v) is 2.98. The van der Waals surface area contributed by atoms with E-state index in [0.717, 1.165) is 18.4 Å². The van der Waals surface area contributed by atoms with Gasteiger partial charge in [0, 0.05) is 5.41 Å². The lowest BCUT2D eigenvalue weighted by Crippen LogP contribution is -2.33. The van der Waals surface area contributed by atoms with Gasteiger partial charge in [-0.25, -0.2) is 0 Å². The first kappa shape index (κ1) is 14.3. The maximum absolute atomic E-state index is 9.71. The zero-order chi connectivity index (χ0) is 13.6. The molecule has 0 aliphatic carbocycles. The summed E-state index contributed by atoms with van der Waals surface area (Å²) in [6.07, 6.45) is 2.41. The number of aliphatic hydroxyl groups excluding tert-OH is 2. The predicted molar refractivity (Wildman–Crippen MR) is 79.4 cm³/mol. The van der Waals surface area contributed by atoms with E-state index in [1.807, 2.05) is 30.3 Å². The molecule has 0 radical (unpaired) electrons. The average Bonchev–Trinajstić information content (AvgIpc) is 2.98. The van der Waals surface area contributed by atoms with Gasteiger partial charge in [-0.3, -0.25) is 0 Å². The van der Waals surface area contributed by atoms with Gasteiger partial charge >= 0.3 is 0 Å². The van der Waals surface area contributed by atoms with Crippen LogP contribution in [-0.4, -0.2) is 23.4 Å². The summed E-state index contributed by atoms with van der Waals surface area (Å²) in [6, 6.07) is 12.2. The van der Waals surface area contributed by atoms with E-state index < -0.39 is 5.41 Å². The minimum absolute atomic E-state index is 0.0164. The number of aliphatic hydroxyl groups is 2. The Morgan fingerprint density at radius 1 is 0.947 bits per heavy atom. The predicted octanol–water partition coefficient (Wildman–Crippen LogP) is 2.89. The Labute approximate surface area is 118 Å². The molecule has 0 saturated heterocycles. The van der Waals surface area contributed by atoms with Gasteiger partial charge < -0.3 is 10.2 Å². The van der Waals surface area contributed by atoms with Crippen LogP contribution in [0.25, 0.3) is 0 Å². The van der Waals surface area contributed by atoms with E-state index in [1.165, 1.54) is 5.56 Å². The second-order valence-corrected chi connectivity index (χ2v) is 5.89. The van der Waals surface area contributed by atoms with Gasteiger partial charge in [0.15, 0.2) is 0 Å². The van der Waals surface area contributed by atoms with Gasteiger partial charge in [-0.05, 0) is 47.2 Å². The van der Waals surface area contributed by atoms with E-state index in [1.54, 1.807) is 11.3 Å². The molecule has 3 heteroatoms. The quantitative estimate of drug-likeness (QED) is 0.816. The minimum atomic E-state index is -0.427. The first-order valence-electron chi connectivity index (χ1n) is 6.55. The molecule has 0 saturated carbocycles. The highest BCUT2D eigenvalue weighted by atomic mass is 32.1. The molecule has 0 aliphatic rings. The second-order valence-electron chi connectivity index (χ2n) is 5.11. The first-order valence-corrected chi connectivity index (χ1v) is 7.49. The third kappa shape index (κ3) is 3.90. The fraction of sp³-hybridized carbons (Fsp3) is 0.375. The number of aryl methyl sites for hydroxylation is 1. The number of benzene rings is 1. The van der Waals surface area contributed by atoms with Crippen LogP contribution in [0.1, 0.15) is 17.5 Å². The van der Waals surface area contributed by atoms with E-state index in [-0.39, 0.29) is 13.2 Å². The van der Waals surface area contributed by atoms with Gasteiger partial charge in [0.25, 0.3) is 0 Å². The summed E-state index contributed by atoms with van der Waals surface area (Å²) >= 11 is 1.68.